The highest BCUT2D eigenvalue weighted by Crippen LogP contribution is 2.26. The number of carbonyl (C=O) groups is 1. The predicted octanol–water partition coefficient (Wildman–Crippen LogP) is 1.49. The zero-order valence-electron chi connectivity index (χ0n) is 15.5. The molecule has 0 radical (unpaired) electrons. The van der Waals surface area contributed by atoms with Crippen LogP contribution in [-0.4, -0.2) is 59.1 Å². The molecule has 0 aromatic heterocycles. The molecule has 2 N–H and O–H groups in total. The average Bonchev–Trinajstić information content (AvgIpc) is 2.48. The molecular weight excluding hydrogens is 366 g/mol. The van der Waals surface area contributed by atoms with E-state index < -0.39 is 15.6 Å². The summed E-state index contributed by atoms with van der Waals surface area (Å²) < 4.78 is 33.0. The molecule has 1 rings (SSSR count). The van der Waals surface area contributed by atoms with Gasteiger partial charge < -0.3 is 15.0 Å². The molecular formula is C16H28ClN3O4S. The Hall–Kier alpha value is -1.35. The van der Waals surface area contributed by atoms with E-state index in [1.165, 1.54) is 24.1 Å². The fraction of sp³-hybridized carbons (Fsp3) is 0.562. The Kier molecular flexibility index (Phi) is 8.87. The quantitative estimate of drug-likeness (QED) is 0.732. The summed E-state index contributed by atoms with van der Waals surface area (Å²) in [4.78, 5) is 13.9. The minimum Gasteiger partial charge on any atom is -0.495 e. The molecule has 0 unspecified atom stereocenters. The molecule has 25 heavy (non-hydrogen) atoms. The Morgan fingerprint density at radius 1 is 1.28 bits per heavy atom. The molecule has 1 aromatic carbocycles. The van der Waals surface area contributed by atoms with Crippen molar-refractivity contribution in [3.8, 4) is 5.75 Å². The van der Waals surface area contributed by atoms with Crippen molar-refractivity contribution in [2.24, 2.45) is 0 Å². The topological polar surface area (TPSA) is 87.7 Å². The Bertz CT molecular complexity index is 687. The standard InChI is InChI=1S/C16H27N3O4S.ClH/c1-16(2,3)18-24(21,22)14-11-12(7-8-13(14)23-6)15(20)19(5)10-9-17-4;/h7-8,11,17-18H,9-10H2,1-6H3;1H. The lowest BCUT2D eigenvalue weighted by atomic mass is 10.1. The predicted molar refractivity (Wildman–Crippen MR) is 101 cm³/mol. The largest absolute Gasteiger partial charge is 0.495 e. The molecule has 0 saturated heterocycles. The maximum absolute atomic E-state index is 12.6. The summed E-state index contributed by atoms with van der Waals surface area (Å²) in [6.07, 6.45) is 0. The fourth-order valence-corrected chi connectivity index (χ4v) is 3.69. The summed E-state index contributed by atoms with van der Waals surface area (Å²) in [6, 6.07) is 4.41. The van der Waals surface area contributed by atoms with Crippen molar-refractivity contribution in [1.82, 2.24) is 14.9 Å². The van der Waals surface area contributed by atoms with Crippen LogP contribution in [-0.2, 0) is 10.0 Å². The zero-order valence-corrected chi connectivity index (χ0v) is 17.2. The van der Waals surface area contributed by atoms with Crippen molar-refractivity contribution in [3.63, 3.8) is 0 Å². The molecule has 0 bridgehead atoms. The van der Waals surface area contributed by atoms with Crippen LogP contribution >= 0.6 is 12.4 Å². The first kappa shape index (κ1) is 23.6. The van der Waals surface area contributed by atoms with Crippen LogP contribution in [0.4, 0.5) is 0 Å². The van der Waals surface area contributed by atoms with Crippen LogP contribution in [0.25, 0.3) is 0 Å². The van der Waals surface area contributed by atoms with Crippen LogP contribution in [0.5, 0.6) is 5.75 Å². The minimum absolute atomic E-state index is 0. The maximum Gasteiger partial charge on any atom is 0.253 e. The smallest absolute Gasteiger partial charge is 0.253 e. The van der Waals surface area contributed by atoms with Crippen LogP contribution in [0.2, 0.25) is 0 Å². The van der Waals surface area contributed by atoms with E-state index >= 15 is 0 Å². The number of hydrogen-bond donors (Lipinski definition) is 2. The van der Waals surface area contributed by atoms with Gasteiger partial charge in [-0.25, -0.2) is 13.1 Å². The Labute approximate surface area is 156 Å². The van der Waals surface area contributed by atoms with Gasteiger partial charge in [0.05, 0.1) is 7.11 Å². The molecule has 0 fully saturated rings. The van der Waals surface area contributed by atoms with Crippen LogP contribution in [0.1, 0.15) is 31.1 Å². The number of rotatable bonds is 7. The number of sulfonamides is 1. The van der Waals surface area contributed by atoms with Gasteiger partial charge in [-0.15, -0.1) is 12.4 Å². The lowest BCUT2D eigenvalue weighted by molar-refractivity contribution is 0.0796. The van der Waals surface area contributed by atoms with Crippen molar-refractivity contribution in [2.75, 3.05) is 34.3 Å². The van der Waals surface area contributed by atoms with Gasteiger partial charge >= 0.3 is 0 Å². The van der Waals surface area contributed by atoms with E-state index in [4.69, 9.17) is 4.74 Å². The SMILES string of the molecule is CNCCN(C)C(=O)c1ccc(OC)c(S(=O)(=O)NC(C)(C)C)c1.Cl. The van der Waals surface area contributed by atoms with Crippen LogP contribution in [0.3, 0.4) is 0 Å². The highest BCUT2D eigenvalue weighted by Gasteiger charge is 2.26. The number of hydrogen-bond acceptors (Lipinski definition) is 5. The summed E-state index contributed by atoms with van der Waals surface area (Å²) in [6.45, 7) is 6.41. The first-order valence-corrected chi connectivity index (χ1v) is 9.12. The molecule has 0 spiro atoms. The number of ether oxygens (including phenoxy) is 1. The molecule has 144 valence electrons. The van der Waals surface area contributed by atoms with Gasteiger partial charge in [0.25, 0.3) is 5.91 Å². The van der Waals surface area contributed by atoms with E-state index in [0.717, 1.165) is 0 Å². The van der Waals surface area contributed by atoms with Gasteiger partial charge in [0.2, 0.25) is 10.0 Å². The van der Waals surface area contributed by atoms with Crippen LogP contribution < -0.4 is 14.8 Å². The fourth-order valence-electron chi connectivity index (χ4n) is 2.08. The normalized spacial score (nSPS) is 11.6. The Morgan fingerprint density at radius 2 is 1.88 bits per heavy atom. The molecule has 1 aromatic rings. The van der Waals surface area contributed by atoms with Crippen molar-refractivity contribution in [3.05, 3.63) is 23.8 Å². The molecule has 0 saturated carbocycles. The third kappa shape index (κ3) is 6.81. The first-order valence-electron chi connectivity index (χ1n) is 7.64. The van der Waals surface area contributed by atoms with Crippen molar-refractivity contribution in [1.29, 1.82) is 0 Å². The molecule has 0 aliphatic carbocycles. The molecule has 0 aliphatic rings. The van der Waals surface area contributed by atoms with Crippen LogP contribution in [0.15, 0.2) is 23.1 Å². The lowest BCUT2D eigenvalue weighted by Gasteiger charge is -2.22. The Balaban J connectivity index is 0.00000576. The second-order valence-electron chi connectivity index (χ2n) is 6.55. The number of carbonyl (C=O) groups excluding carboxylic acids is 1. The average molecular weight is 394 g/mol. The van der Waals surface area contributed by atoms with Crippen LogP contribution in [0, 0.1) is 0 Å². The van der Waals surface area contributed by atoms with E-state index in [-0.39, 0.29) is 29.0 Å². The van der Waals surface area contributed by atoms with E-state index in [2.05, 4.69) is 10.0 Å². The van der Waals surface area contributed by atoms with Gasteiger partial charge in [-0.05, 0) is 46.0 Å². The summed E-state index contributed by atoms with van der Waals surface area (Å²) in [5.41, 5.74) is -0.350. The monoisotopic (exact) mass is 393 g/mol. The van der Waals surface area contributed by atoms with Crippen molar-refractivity contribution in [2.45, 2.75) is 31.2 Å². The maximum atomic E-state index is 12.6. The third-order valence-corrected chi connectivity index (χ3v) is 4.96. The Morgan fingerprint density at radius 3 is 2.36 bits per heavy atom. The highest BCUT2D eigenvalue weighted by atomic mass is 35.5. The highest BCUT2D eigenvalue weighted by molar-refractivity contribution is 7.89. The number of halogens is 1. The number of nitrogens with zero attached hydrogens (tertiary/aromatic N) is 1. The van der Waals surface area contributed by atoms with Crippen molar-refractivity contribution < 1.29 is 17.9 Å². The van der Waals surface area contributed by atoms with Crippen molar-refractivity contribution >= 4 is 28.3 Å². The molecule has 1 amide bonds. The summed E-state index contributed by atoms with van der Waals surface area (Å²) in [5.74, 6) is -0.0544. The molecule has 0 atom stereocenters. The minimum atomic E-state index is -3.82. The number of benzene rings is 1. The summed E-state index contributed by atoms with van der Waals surface area (Å²) >= 11 is 0. The molecule has 9 heteroatoms. The number of amides is 1. The number of likely N-dealkylation sites (N-methyl/N-ethyl adjacent to an activating group) is 2. The van der Waals surface area contributed by atoms with Gasteiger partial charge in [0.15, 0.2) is 0 Å². The lowest BCUT2D eigenvalue weighted by Crippen LogP contribution is -2.40. The van der Waals surface area contributed by atoms with E-state index in [1.807, 2.05) is 0 Å². The van der Waals surface area contributed by atoms with Gasteiger partial charge in [0, 0.05) is 31.2 Å². The number of nitrogens with one attached hydrogen (secondary N) is 2. The second kappa shape index (κ2) is 9.38. The molecule has 0 aliphatic heterocycles. The van der Waals surface area contributed by atoms with E-state index in [1.54, 1.807) is 40.9 Å². The second-order valence-corrected chi connectivity index (χ2v) is 8.20. The van der Waals surface area contributed by atoms with Gasteiger partial charge in [-0.1, -0.05) is 0 Å². The number of methoxy groups -OCH3 is 1. The van der Waals surface area contributed by atoms with E-state index in [0.29, 0.717) is 18.7 Å². The van der Waals surface area contributed by atoms with Gasteiger partial charge in [-0.3, -0.25) is 4.79 Å². The third-order valence-electron chi connectivity index (χ3n) is 3.18. The molecule has 7 nitrogen and oxygen atoms in total. The van der Waals surface area contributed by atoms with Gasteiger partial charge in [-0.2, -0.15) is 0 Å². The zero-order chi connectivity index (χ0) is 18.5. The van der Waals surface area contributed by atoms with E-state index in [9.17, 15) is 13.2 Å². The van der Waals surface area contributed by atoms with Gasteiger partial charge in [0.1, 0.15) is 10.6 Å². The molecule has 0 heterocycles. The summed E-state index contributed by atoms with van der Waals surface area (Å²) in [7, 11) is 1.05. The first-order chi connectivity index (χ1) is 11.0. The summed E-state index contributed by atoms with van der Waals surface area (Å²) in [5, 5.41) is 2.96.